The lowest BCUT2D eigenvalue weighted by Gasteiger charge is -2.10. The van der Waals surface area contributed by atoms with Gasteiger partial charge in [0, 0.05) is 22.7 Å². The van der Waals surface area contributed by atoms with E-state index in [-0.39, 0.29) is 5.95 Å². The molecule has 1 amide bonds. The van der Waals surface area contributed by atoms with E-state index in [2.05, 4.69) is 20.2 Å². The lowest BCUT2D eigenvalue weighted by Crippen LogP contribution is -2.12. The molecule has 2 aromatic carbocycles. The average molecular weight is 342 g/mol. The van der Waals surface area contributed by atoms with E-state index >= 15 is 0 Å². The van der Waals surface area contributed by atoms with E-state index in [0.717, 1.165) is 10.9 Å². The van der Waals surface area contributed by atoms with Crippen molar-refractivity contribution in [2.45, 2.75) is 0 Å². The number of fused-ring (bicyclic) bond motifs is 1. The van der Waals surface area contributed by atoms with Gasteiger partial charge in [0.05, 0.1) is 11.1 Å². The van der Waals surface area contributed by atoms with Gasteiger partial charge in [-0.05, 0) is 18.2 Å². The normalized spacial score (nSPS) is 10.8. The summed E-state index contributed by atoms with van der Waals surface area (Å²) in [4.78, 5) is 20.5. The Hall–Kier alpha value is -3.87. The summed E-state index contributed by atoms with van der Waals surface area (Å²) in [5.41, 5.74) is 14.8. The Kier molecular flexibility index (Phi) is 3.74. The van der Waals surface area contributed by atoms with Gasteiger partial charge in [0.1, 0.15) is 11.4 Å². The Bertz CT molecular complexity index is 1130. The summed E-state index contributed by atoms with van der Waals surface area (Å²) < 4.78 is 0. The Morgan fingerprint density at radius 3 is 2.46 bits per heavy atom. The molecule has 0 saturated heterocycles. The number of nitrogen functional groups attached to an aromatic ring is 1. The van der Waals surface area contributed by atoms with E-state index in [1.165, 1.54) is 0 Å². The molecular weight excluding hydrogens is 328 g/mol. The molecule has 7 nitrogen and oxygen atoms in total. The first-order valence-corrected chi connectivity index (χ1v) is 7.88. The molecule has 0 spiro atoms. The molecule has 0 saturated carbocycles. The number of benzene rings is 2. The van der Waals surface area contributed by atoms with Crippen LogP contribution in [0.1, 0.15) is 10.4 Å². The zero-order valence-corrected chi connectivity index (χ0v) is 13.6. The first-order valence-electron chi connectivity index (χ1n) is 7.88. The lowest BCUT2D eigenvalue weighted by atomic mass is 9.99. The van der Waals surface area contributed by atoms with Gasteiger partial charge in [0.15, 0.2) is 0 Å². The van der Waals surface area contributed by atoms with Crippen molar-refractivity contribution in [3.8, 4) is 22.5 Å². The third-order valence-corrected chi connectivity index (χ3v) is 3.99. The van der Waals surface area contributed by atoms with Gasteiger partial charge in [-0.1, -0.05) is 36.4 Å². The van der Waals surface area contributed by atoms with Gasteiger partial charge < -0.3 is 11.5 Å². The number of pyridine rings is 1. The van der Waals surface area contributed by atoms with Crippen LogP contribution in [0, 0.1) is 0 Å². The SMILES string of the molecule is NC(=O)c1cc(-c2nnc(N)nc2-c2ccccc2)cc2cccnc12. The van der Waals surface area contributed by atoms with E-state index in [4.69, 9.17) is 11.5 Å². The molecule has 0 radical (unpaired) electrons. The third-order valence-electron chi connectivity index (χ3n) is 3.99. The quantitative estimate of drug-likeness (QED) is 0.590. The number of carbonyl (C=O) groups excluding carboxylic acids is 1. The summed E-state index contributed by atoms with van der Waals surface area (Å²) in [6, 6.07) is 16.7. The second-order valence-electron chi connectivity index (χ2n) is 5.70. The molecule has 0 aliphatic rings. The molecule has 126 valence electrons. The molecule has 4 aromatic rings. The largest absolute Gasteiger partial charge is 0.366 e. The fourth-order valence-corrected chi connectivity index (χ4v) is 2.85. The second kappa shape index (κ2) is 6.21. The zero-order chi connectivity index (χ0) is 18.1. The van der Waals surface area contributed by atoms with Crippen LogP contribution in [-0.4, -0.2) is 26.1 Å². The van der Waals surface area contributed by atoms with Crippen LogP contribution in [-0.2, 0) is 0 Å². The number of nitrogens with zero attached hydrogens (tertiary/aromatic N) is 4. The molecule has 0 aliphatic heterocycles. The van der Waals surface area contributed by atoms with Crippen molar-refractivity contribution < 1.29 is 4.79 Å². The standard InChI is InChI=1S/C19H14N6O/c20-18(26)14-10-13(9-12-7-4-8-22-15(12)14)17-16(23-19(21)25-24-17)11-5-2-1-3-6-11/h1-10H,(H2,20,26)(H2,21,23,25). The maximum absolute atomic E-state index is 11.9. The molecule has 2 aromatic heterocycles. The first kappa shape index (κ1) is 15.6. The molecular formula is C19H14N6O. The monoisotopic (exact) mass is 342 g/mol. The van der Waals surface area contributed by atoms with E-state index < -0.39 is 5.91 Å². The maximum Gasteiger partial charge on any atom is 0.250 e. The summed E-state index contributed by atoms with van der Waals surface area (Å²) in [5.74, 6) is -0.488. The van der Waals surface area contributed by atoms with Crippen LogP contribution >= 0.6 is 0 Å². The molecule has 26 heavy (non-hydrogen) atoms. The number of primary amides is 1. The van der Waals surface area contributed by atoms with Crippen molar-refractivity contribution in [1.29, 1.82) is 0 Å². The first-order chi connectivity index (χ1) is 12.6. The molecule has 2 heterocycles. The number of nitrogens with two attached hydrogens (primary N) is 2. The van der Waals surface area contributed by atoms with Crippen molar-refractivity contribution in [2.75, 3.05) is 5.73 Å². The topological polar surface area (TPSA) is 121 Å². The highest BCUT2D eigenvalue weighted by Crippen LogP contribution is 2.31. The predicted octanol–water partition coefficient (Wildman–Crippen LogP) is 2.43. The molecule has 0 atom stereocenters. The van der Waals surface area contributed by atoms with E-state index in [1.54, 1.807) is 18.3 Å². The number of hydrogen-bond donors (Lipinski definition) is 2. The highest BCUT2D eigenvalue weighted by atomic mass is 16.1. The molecule has 4 N–H and O–H groups in total. The number of hydrogen-bond acceptors (Lipinski definition) is 6. The number of carbonyl (C=O) groups is 1. The molecule has 0 aliphatic carbocycles. The highest BCUT2D eigenvalue weighted by molar-refractivity contribution is 6.06. The molecule has 0 bridgehead atoms. The van der Waals surface area contributed by atoms with Crippen molar-refractivity contribution >= 4 is 22.8 Å². The summed E-state index contributed by atoms with van der Waals surface area (Å²) in [6.45, 7) is 0. The number of anilines is 1. The van der Waals surface area contributed by atoms with Crippen LogP contribution in [0.5, 0.6) is 0 Å². The van der Waals surface area contributed by atoms with Crippen LogP contribution in [0.25, 0.3) is 33.4 Å². The van der Waals surface area contributed by atoms with Crippen LogP contribution in [0.15, 0.2) is 60.8 Å². The van der Waals surface area contributed by atoms with Gasteiger partial charge in [0.2, 0.25) is 5.95 Å². The number of rotatable bonds is 3. The summed E-state index contributed by atoms with van der Waals surface area (Å²) in [5, 5.41) is 8.88. The predicted molar refractivity (Wildman–Crippen MR) is 98.9 cm³/mol. The Labute approximate surface area is 148 Å². The fraction of sp³-hybridized carbons (Fsp3) is 0. The van der Waals surface area contributed by atoms with Crippen molar-refractivity contribution in [3.63, 3.8) is 0 Å². The molecule has 7 heteroatoms. The van der Waals surface area contributed by atoms with Gasteiger partial charge in [-0.2, -0.15) is 0 Å². The Morgan fingerprint density at radius 1 is 0.885 bits per heavy atom. The highest BCUT2D eigenvalue weighted by Gasteiger charge is 2.17. The third kappa shape index (κ3) is 2.71. The Morgan fingerprint density at radius 2 is 1.69 bits per heavy atom. The van der Waals surface area contributed by atoms with E-state index in [1.807, 2.05) is 42.5 Å². The minimum atomic E-state index is -0.562. The molecule has 0 fully saturated rings. The minimum Gasteiger partial charge on any atom is -0.366 e. The van der Waals surface area contributed by atoms with E-state index in [0.29, 0.717) is 28.0 Å². The van der Waals surface area contributed by atoms with Crippen molar-refractivity contribution in [1.82, 2.24) is 20.2 Å². The van der Waals surface area contributed by atoms with Crippen LogP contribution in [0.3, 0.4) is 0 Å². The van der Waals surface area contributed by atoms with Gasteiger partial charge in [-0.15, -0.1) is 10.2 Å². The summed E-state index contributed by atoms with van der Waals surface area (Å²) in [6.07, 6.45) is 1.62. The van der Waals surface area contributed by atoms with Gasteiger partial charge >= 0.3 is 0 Å². The van der Waals surface area contributed by atoms with Crippen molar-refractivity contribution in [2.24, 2.45) is 5.73 Å². The number of aromatic nitrogens is 4. The van der Waals surface area contributed by atoms with Crippen LogP contribution in [0.2, 0.25) is 0 Å². The zero-order valence-electron chi connectivity index (χ0n) is 13.6. The molecule has 4 rings (SSSR count). The fourth-order valence-electron chi connectivity index (χ4n) is 2.85. The van der Waals surface area contributed by atoms with Gasteiger partial charge in [0.25, 0.3) is 5.91 Å². The van der Waals surface area contributed by atoms with E-state index in [9.17, 15) is 4.79 Å². The second-order valence-corrected chi connectivity index (χ2v) is 5.70. The number of amides is 1. The van der Waals surface area contributed by atoms with Crippen LogP contribution in [0.4, 0.5) is 5.95 Å². The smallest absolute Gasteiger partial charge is 0.250 e. The maximum atomic E-state index is 11.9. The summed E-state index contributed by atoms with van der Waals surface area (Å²) >= 11 is 0. The lowest BCUT2D eigenvalue weighted by molar-refractivity contribution is 0.100. The minimum absolute atomic E-state index is 0.0742. The average Bonchev–Trinajstić information content (AvgIpc) is 2.67. The molecule has 0 unspecified atom stereocenters. The summed E-state index contributed by atoms with van der Waals surface area (Å²) in [7, 11) is 0. The van der Waals surface area contributed by atoms with Crippen molar-refractivity contribution in [3.05, 3.63) is 66.4 Å². The van der Waals surface area contributed by atoms with Gasteiger partial charge in [-0.3, -0.25) is 9.78 Å². The van der Waals surface area contributed by atoms with Gasteiger partial charge in [-0.25, -0.2) is 4.98 Å². The van der Waals surface area contributed by atoms with Crippen LogP contribution < -0.4 is 11.5 Å². The Balaban J connectivity index is 2.01.